The first-order chi connectivity index (χ1) is 9.49. The van der Waals surface area contributed by atoms with E-state index in [1.165, 1.54) is 0 Å². The van der Waals surface area contributed by atoms with Crippen LogP contribution in [0, 0.1) is 0 Å². The summed E-state index contributed by atoms with van der Waals surface area (Å²) >= 11 is 6.02. The van der Waals surface area contributed by atoms with Crippen molar-refractivity contribution in [3.8, 4) is 0 Å². The van der Waals surface area contributed by atoms with Crippen LogP contribution < -0.4 is 5.32 Å². The van der Waals surface area contributed by atoms with E-state index >= 15 is 0 Å². The standard InChI is InChI=1S/C15H24ClN3O/c1-5-8-19(10-9-18(3)4)15(20)13-11-12(16)6-7-14(13)17-2/h6-7,11,17H,5,8-10H2,1-4H3. The number of amides is 1. The molecule has 0 fully saturated rings. The van der Waals surface area contributed by atoms with Crippen molar-refractivity contribution in [3.63, 3.8) is 0 Å². The zero-order valence-corrected chi connectivity index (χ0v) is 13.5. The van der Waals surface area contributed by atoms with Crippen LogP contribution in [0.2, 0.25) is 5.02 Å². The first-order valence-electron chi connectivity index (χ1n) is 6.90. The van der Waals surface area contributed by atoms with E-state index in [0.29, 0.717) is 10.6 Å². The summed E-state index contributed by atoms with van der Waals surface area (Å²) in [6, 6.07) is 5.35. The lowest BCUT2D eigenvalue weighted by atomic mass is 10.1. The monoisotopic (exact) mass is 297 g/mol. The van der Waals surface area contributed by atoms with E-state index in [0.717, 1.165) is 31.7 Å². The normalized spacial score (nSPS) is 10.7. The van der Waals surface area contributed by atoms with E-state index in [2.05, 4.69) is 17.1 Å². The van der Waals surface area contributed by atoms with E-state index in [9.17, 15) is 4.79 Å². The van der Waals surface area contributed by atoms with Crippen LogP contribution in [0.5, 0.6) is 0 Å². The van der Waals surface area contributed by atoms with Crippen molar-refractivity contribution in [1.29, 1.82) is 0 Å². The molecule has 0 aliphatic heterocycles. The molecule has 0 heterocycles. The zero-order chi connectivity index (χ0) is 15.1. The summed E-state index contributed by atoms with van der Waals surface area (Å²) in [5, 5.41) is 3.63. The van der Waals surface area contributed by atoms with Crippen molar-refractivity contribution in [3.05, 3.63) is 28.8 Å². The average Bonchev–Trinajstić information content (AvgIpc) is 2.42. The molecule has 1 amide bonds. The molecule has 0 aliphatic carbocycles. The van der Waals surface area contributed by atoms with E-state index in [4.69, 9.17) is 11.6 Å². The molecule has 1 aromatic carbocycles. The summed E-state index contributed by atoms with van der Waals surface area (Å²) in [6.45, 7) is 4.39. The number of carbonyl (C=O) groups excluding carboxylic acids is 1. The van der Waals surface area contributed by atoms with Crippen molar-refractivity contribution in [2.45, 2.75) is 13.3 Å². The minimum absolute atomic E-state index is 0.0283. The molecule has 0 radical (unpaired) electrons. The average molecular weight is 298 g/mol. The highest BCUT2D eigenvalue weighted by molar-refractivity contribution is 6.31. The van der Waals surface area contributed by atoms with Gasteiger partial charge in [0.25, 0.3) is 5.91 Å². The van der Waals surface area contributed by atoms with Gasteiger partial charge in [-0.1, -0.05) is 18.5 Å². The molecule has 5 heteroatoms. The van der Waals surface area contributed by atoms with Gasteiger partial charge in [0, 0.05) is 37.4 Å². The molecule has 4 nitrogen and oxygen atoms in total. The number of likely N-dealkylation sites (N-methyl/N-ethyl adjacent to an activating group) is 1. The third-order valence-corrected chi connectivity index (χ3v) is 3.31. The van der Waals surface area contributed by atoms with Gasteiger partial charge < -0.3 is 15.1 Å². The maximum atomic E-state index is 12.7. The molecule has 0 bridgehead atoms. The second-order valence-corrected chi connectivity index (χ2v) is 5.47. The first-order valence-corrected chi connectivity index (χ1v) is 7.28. The molecule has 0 saturated carbocycles. The van der Waals surface area contributed by atoms with Crippen LogP contribution in [-0.4, -0.2) is 56.5 Å². The molecule has 0 atom stereocenters. The maximum Gasteiger partial charge on any atom is 0.256 e. The van der Waals surface area contributed by atoms with Crippen molar-refractivity contribution >= 4 is 23.2 Å². The fourth-order valence-electron chi connectivity index (χ4n) is 1.99. The second-order valence-electron chi connectivity index (χ2n) is 5.04. The Hall–Kier alpha value is -1.26. The Labute approximate surface area is 126 Å². The van der Waals surface area contributed by atoms with Gasteiger partial charge >= 0.3 is 0 Å². The lowest BCUT2D eigenvalue weighted by Gasteiger charge is -2.25. The van der Waals surface area contributed by atoms with E-state index < -0.39 is 0 Å². The Balaban J connectivity index is 2.95. The fourth-order valence-corrected chi connectivity index (χ4v) is 2.16. The number of hydrogen-bond acceptors (Lipinski definition) is 3. The van der Waals surface area contributed by atoms with Gasteiger partial charge in [0.2, 0.25) is 0 Å². The van der Waals surface area contributed by atoms with Gasteiger partial charge in [0.05, 0.1) is 5.56 Å². The van der Waals surface area contributed by atoms with E-state index in [1.807, 2.05) is 32.1 Å². The number of halogens is 1. The number of nitrogens with zero attached hydrogens (tertiary/aromatic N) is 2. The van der Waals surface area contributed by atoms with Crippen LogP contribution in [0.15, 0.2) is 18.2 Å². The summed E-state index contributed by atoms with van der Waals surface area (Å²) < 4.78 is 0. The topological polar surface area (TPSA) is 35.6 Å². The van der Waals surface area contributed by atoms with Gasteiger partial charge in [-0.2, -0.15) is 0 Å². The lowest BCUT2D eigenvalue weighted by Crippen LogP contribution is -2.37. The zero-order valence-electron chi connectivity index (χ0n) is 12.7. The molecule has 1 N–H and O–H groups in total. The predicted octanol–water partition coefficient (Wildman–Crippen LogP) is 2.80. The SMILES string of the molecule is CCCN(CCN(C)C)C(=O)c1cc(Cl)ccc1NC. The minimum atomic E-state index is 0.0283. The molecule has 20 heavy (non-hydrogen) atoms. The van der Waals surface area contributed by atoms with Gasteiger partial charge in [-0.3, -0.25) is 4.79 Å². The van der Waals surface area contributed by atoms with Gasteiger partial charge in [0.15, 0.2) is 0 Å². The fraction of sp³-hybridized carbons (Fsp3) is 0.533. The van der Waals surface area contributed by atoms with E-state index in [1.54, 1.807) is 12.1 Å². The quantitative estimate of drug-likeness (QED) is 0.840. The lowest BCUT2D eigenvalue weighted by molar-refractivity contribution is 0.0746. The number of nitrogens with one attached hydrogen (secondary N) is 1. The third-order valence-electron chi connectivity index (χ3n) is 3.08. The largest absolute Gasteiger partial charge is 0.387 e. The Morgan fingerprint density at radius 1 is 1.25 bits per heavy atom. The molecule has 0 aromatic heterocycles. The van der Waals surface area contributed by atoms with Crippen LogP contribution >= 0.6 is 11.6 Å². The highest BCUT2D eigenvalue weighted by atomic mass is 35.5. The van der Waals surface area contributed by atoms with Crippen molar-refractivity contribution in [2.24, 2.45) is 0 Å². The number of hydrogen-bond donors (Lipinski definition) is 1. The second kappa shape index (κ2) is 8.12. The Kier molecular flexibility index (Phi) is 6.82. The highest BCUT2D eigenvalue weighted by Crippen LogP contribution is 2.22. The highest BCUT2D eigenvalue weighted by Gasteiger charge is 2.18. The molecule has 0 saturated heterocycles. The van der Waals surface area contributed by atoms with Crippen molar-refractivity contribution < 1.29 is 4.79 Å². The summed E-state index contributed by atoms with van der Waals surface area (Å²) in [5.74, 6) is 0.0283. The molecule has 112 valence electrons. The van der Waals surface area contributed by atoms with Crippen LogP contribution in [0.25, 0.3) is 0 Å². The van der Waals surface area contributed by atoms with Crippen LogP contribution in [0.3, 0.4) is 0 Å². The Morgan fingerprint density at radius 2 is 1.95 bits per heavy atom. The Bertz CT molecular complexity index is 449. The summed E-state index contributed by atoms with van der Waals surface area (Å²) in [5.41, 5.74) is 1.44. The summed E-state index contributed by atoms with van der Waals surface area (Å²) in [6.07, 6.45) is 0.939. The molecule has 0 spiro atoms. The van der Waals surface area contributed by atoms with Crippen LogP contribution in [0.1, 0.15) is 23.7 Å². The smallest absolute Gasteiger partial charge is 0.256 e. The number of rotatable bonds is 7. The van der Waals surface area contributed by atoms with Gasteiger partial charge in [-0.05, 0) is 38.7 Å². The summed E-state index contributed by atoms with van der Waals surface area (Å²) in [7, 11) is 5.82. The first kappa shape index (κ1) is 16.8. The molecule has 1 aromatic rings. The minimum Gasteiger partial charge on any atom is -0.387 e. The maximum absolute atomic E-state index is 12.7. The van der Waals surface area contributed by atoms with Crippen LogP contribution in [0.4, 0.5) is 5.69 Å². The number of carbonyl (C=O) groups is 1. The van der Waals surface area contributed by atoms with Crippen molar-refractivity contribution in [2.75, 3.05) is 46.1 Å². The van der Waals surface area contributed by atoms with Crippen LogP contribution in [-0.2, 0) is 0 Å². The predicted molar refractivity (Wildman–Crippen MR) is 85.7 cm³/mol. The Morgan fingerprint density at radius 3 is 2.50 bits per heavy atom. The van der Waals surface area contributed by atoms with Gasteiger partial charge in [-0.15, -0.1) is 0 Å². The molecular weight excluding hydrogens is 274 g/mol. The summed E-state index contributed by atoms with van der Waals surface area (Å²) in [4.78, 5) is 16.6. The third kappa shape index (κ3) is 4.69. The molecular formula is C15H24ClN3O. The van der Waals surface area contributed by atoms with Crippen molar-refractivity contribution in [1.82, 2.24) is 9.80 Å². The number of anilines is 1. The van der Waals surface area contributed by atoms with Gasteiger partial charge in [-0.25, -0.2) is 0 Å². The van der Waals surface area contributed by atoms with Gasteiger partial charge in [0.1, 0.15) is 0 Å². The number of benzene rings is 1. The molecule has 1 rings (SSSR count). The molecule has 0 aliphatic rings. The molecule has 0 unspecified atom stereocenters. The van der Waals surface area contributed by atoms with E-state index in [-0.39, 0.29) is 5.91 Å².